The molecule has 32 heavy (non-hydrogen) atoms. The largest absolute Gasteiger partial charge is 0.353 e. The average Bonchev–Trinajstić information content (AvgIpc) is 3.24. The third-order valence-corrected chi connectivity index (χ3v) is 8.05. The van der Waals surface area contributed by atoms with Gasteiger partial charge in [-0.15, -0.1) is 5.10 Å². The van der Waals surface area contributed by atoms with Crippen LogP contribution in [0.2, 0.25) is 0 Å². The van der Waals surface area contributed by atoms with Crippen LogP contribution in [0.1, 0.15) is 51.5 Å². The Morgan fingerprint density at radius 1 is 1.03 bits per heavy atom. The summed E-state index contributed by atoms with van der Waals surface area (Å²) >= 11 is 0. The molecular weight excluding hydrogens is 422 g/mol. The van der Waals surface area contributed by atoms with E-state index in [-0.39, 0.29) is 15.6 Å². The summed E-state index contributed by atoms with van der Waals surface area (Å²) in [5.74, 6) is 1.12. The van der Waals surface area contributed by atoms with Gasteiger partial charge in [0.25, 0.3) is 0 Å². The predicted octanol–water partition coefficient (Wildman–Crippen LogP) is 4.61. The number of sulfone groups is 1. The second-order valence-electron chi connectivity index (χ2n) is 8.85. The lowest BCUT2D eigenvalue weighted by atomic mass is 10.0. The van der Waals surface area contributed by atoms with Crippen molar-refractivity contribution in [2.75, 3.05) is 11.4 Å². The molecule has 5 rings (SSSR count). The van der Waals surface area contributed by atoms with Gasteiger partial charge in [0.05, 0.1) is 10.4 Å². The van der Waals surface area contributed by atoms with Crippen molar-refractivity contribution in [3.63, 3.8) is 0 Å². The normalized spacial score (nSPS) is 17.5. The molecule has 4 aromatic rings. The quantitative estimate of drug-likeness (QED) is 0.453. The summed E-state index contributed by atoms with van der Waals surface area (Å²) in [6.45, 7) is 7.25. The number of fused-ring (bicyclic) bond motifs is 3. The minimum absolute atomic E-state index is 0.105. The van der Waals surface area contributed by atoms with E-state index in [1.165, 1.54) is 6.42 Å². The Bertz CT molecular complexity index is 1390. The van der Waals surface area contributed by atoms with Gasteiger partial charge < -0.3 is 4.90 Å². The minimum atomic E-state index is -3.87. The molecule has 0 N–H and O–H groups in total. The van der Waals surface area contributed by atoms with Crippen LogP contribution in [0.3, 0.4) is 0 Å². The van der Waals surface area contributed by atoms with Gasteiger partial charge in [-0.2, -0.15) is 4.52 Å². The molecule has 1 saturated heterocycles. The first-order valence-corrected chi connectivity index (χ1v) is 12.6. The summed E-state index contributed by atoms with van der Waals surface area (Å²) < 4.78 is 28.6. The molecule has 7 nitrogen and oxygen atoms in total. The standard InChI is InChI=1S/C24H27N5O2S/c1-16(2)18-11-13-19(14-12-18)32(30,31)24-23-25-22(28-15-7-6-8-17(28)3)20-9-4-5-10-21(20)29(23)27-26-24/h4-5,9-14,16-17H,6-8,15H2,1-3H3/t17-/m1/s1. The Morgan fingerprint density at radius 2 is 1.78 bits per heavy atom. The summed E-state index contributed by atoms with van der Waals surface area (Å²) in [6.07, 6.45) is 3.38. The van der Waals surface area contributed by atoms with E-state index in [0.717, 1.165) is 41.7 Å². The molecular formula is C24H27N5O2S. The maximum absolute atomic E-state index is 13.5. The van der Waals surface area contributed by atoms with Crippen molar-refractivity contribution in [2.45, 2.75) is 61.9 Å². The number of hydrogen-bond acceptors (Lipinski definition) is 6. The zero-order valence-electron chi connectivity index (χ0n) is 18.6. The van der Waals surface area contributed by atoms with Crippen molar-refractivity contribution in [3.8, 4) is 0 Å². The van der Waals surface area contributed by atoms with Crippen LogP contribution in [0.4, 0.5) is 5.82 Å². The van der Waals surface area contributed by atoms with Crippen molar-refractivity contribution in [1.82, 2.24) is 19.8 Å². The fourth-order valence-electron chi connectivity index (χ4n) is 4.48. The van der Waals surface area contributed by atoms with Crippen LogP contribution in [-0.4, -0.2) is 40.8 Å². The first-order valence-electron chi connectivity index (χ1n) is 11.1. The minimum Gasteiger partial charge on any atom is -0.353 e. The lowest BCUT2D eigenvalue weighted by Gasteiger charge is -2.35. The maximum Gasteiger partial charge on any atom is 0.229 e. The van der Waals surface area contributed by atoms with Crippen molar-refractivity contribution < 1.29 is 8.42 Å². The fourth-order valence-corrected chi connectivity index (χ4v) is 5.71. The Kier molecular flexibility index (Phi) is 5.12. The highest BCUT2D eigenvalue weighted by atomic mass is 32.2. The van der Waals surface area contributed by atoms with E-state index < -0.39 is 9.84 Å². The molecule has 8 heteroatoms. The number of rotatable bonds is 4. The molecule has 1 fully saturated rings. The van der Waals surface area contributed by atoms with Crippen LogP contribution in [-0.2, 0) is 9.84 Å². The monoisotopic (exact) mass is 449 g/mol. The van der Waals surface area contributed by atoms with Crippen molar-refractivity contribution in [3.05, 3.63) is 54.1 Å². The first-order chi connectivity index (χ1) is 15.4. The summed E-state index contributed by atoms with van der Waals surface area (Å²) in [5.41, 5.74) is 2.15. The van der Waals surface area contributed by atoms with E-state index >= 15 is 0 Å². The van der Waals surface area contributed by atoms with Crippen LogP contribution in [0.5, 0.6) is 0 Å². The Hall–Kier alpha value is -3.00. The second-order valence-corrected chi connectivity index (χ2v) is 10.7. The number of hydrogen-bond donors (Lipinski definition) is 0. The third kappa shape index (κ3) is 3.33. The van der Waals surface area contributed by atoms with Crippen molar-refractivity contribution in [1.29, 1.82) is 0 Å². The van der Waals surface area contributed by atoms with Crippen LogP contribution >= 0.6 is 0 Å². The van der Waals surface area contributed by atoms with E-state index in [9.17, 15) is 8.42 Å². The topological polar surface area (TPSA) is 80.5 Å². The lowest BCUT2D eigenvalue weighted by Crippen LogP contribution is -2.38. The molecule has 2 aromatic heterocycles. The highest BCUT2D eigenvalue weighted by Crippen LogP contribution is 2.33. The second kappa shape index (κ2) is 7.85. The van der Waals surface area contributed by atoms with Gasteiger partial charge in [-0.25, -0.2) is 13.4 Å². The molecule has 0 saturated carbocycles. The first kappa shape index (κ1) is 20.9. The number of aromatic nitrogens is 4. The summed E-state index contributed by atoms with van der Waals surface area (Å²) in [7, 11) is -3.87. The smallest absolute Gasteiger partial charge is 0.229 e. The summed E-state index contributed by atoms with van der Waals surface area (Å²) in [6, 6.07) is 15.2. The summed E-state index contributed by atoms with van der Waals surface area (Å²) in [4.78, 5) is 7.35. The number of piperidine rings is 1. The molecule has 0 aliphatic carbocycles. The van der Waals surface area contributed by atoms with E-state index in [0.29, 0.717) is 12.0 Å². The number of para-hydroxylation sites is 1. The van der Waals surface area contributed by atoms with Crippen molar-refractivity contribution >= 4 is 32.2 Å². The molecule has 1 atom stereocenters. The van der Waals surface area contributed by atoms with Gasteiger partial charge in [-0.1, -0.05) is 43.3 Å². The zero-order valence-corrected chi connectivity index (χ0v) is 19.4. The van der Waals surface area contributed by atoms with Gasteiger partial charge in [0.15, 0.2) is 5.65 Å². The van der Waals surface area contributed by atoms with Crippen LogP contribution < -0.4 is 4.90 Å². The van der Waals surface area contributed by atoms with Crippen molar-refractivity contribution in [2.24, 2.45) is 0 Å². The molecule has 0 amide bonds. The lowest BCUT2D eigenvalue weighted by molar-refractivity contribution is 0.482. The molecule has 0 radical (unpaired) electrons. The third-order valence-electron chi connectivity index (χ3n) is 6.39. The zero-order chi connectivity index (χ0) is 22.5. The molecule has 2 aromatic carbocycles. The van der Waals surface area contributed by atoms with Gasteiger partial charge >= 0.3 is 0 Å². The molecule has 0 unspecified atom stereocenters. The number of anilines is 1. The highest BCUT2D eigenvalue weighted by Gasteiger charge is 2.29. The molecule has 0 spiro atoms. The Morgan fingerprint density at radius 3 is 2.50 bits per heavy atom. The Labute approximate surface area is 188 Å². The molecule has 166 valence electrons. The van der Waals surface area contributed by atoms with E-state index in [2.05, 4.69) is 36.0 Å². The van der Waals surface area contributed by atoms with Gasteiger partial charge in [0.2, 0.25) is 14.9 Å². The summed E-state index contributed by atoms with van der Waals surface area (Å²) in [5, 5.41) is 9.14. The van der Waals surface area contributed by atoms with Crippen LogP contribution in [0.25, 0.3) is 16.6 Å². The van der Waals surface area contributed by atoms with Crippen LogP contribution in [0.15, 0.2) is 58.5 Å². The van der Waals surface area contributed by atoms with Gasteiger partial charge in [0.1, 0.15) is 5.82 Å². The Balaban J connectivity index is 1.71. The predicted molar refractivity (Wildman–Crippen MR) is 125 cm³/mol. The van der Waals surface area contributed by atoms with Gasteiger partial charge in [-0.05, 0) is 61.9 Å². The van der Waals surface area contributed by atoms with Gasteiger partial charge in [0, 0.05) is 18.0 Å². The van der Waals surface area contributed by atoms with E-state index in [4.69, 9.17) is 4.98 Å². The van der Waals surface area contributed by atoms with Gasteiger partial charge in [-0.3, -0.25) is 0 Å². The highest BCUT2D eigenvalue weighted by molar-refractivity contribution is 7.91. The fraction of sp³-hybridized carbons (Fsp3) is 0.375. The SMILES string of the molecule is CC(C)c1ccc(S(=O)(=O)c2nnn3c2nc(N2CCCC[C@H]2C)c2ccccc23)cc1. The van der Waals surface area contributed by atoms with E-state index in [1.54, 1.807) is 16.6 Å². The number of nitrogens with zero attached hydrogens (tertiary/aromatic N) is 5. The molecule has 0 bridgehead atoms. The average molecular weight is 450 g/mol. The molecule has 1 aliphatic rings. The number of benzene rings is 2. The van der Waals surface area contributed by atoms with Crippen LogP contribution in [0, 0.1) is 0 Å². The molecule has 1 aliphatic heterocycles. The molecule has 3 heterocycles. The maximum atomic E-state index is 13.5. The van der Waals surface area contributed by atoms with E-state index in [1.807, 2.05) is 36.4 Å².